The molecule has 0 radical (unpaired) electrons. The third kappa shape index (κ3) is 4.96. The Morgan fingerprint density at radius 2 is 2.62 bits per heavy atom. The fraction of sp³-hybridized carbons (Fsp3) is 0.600. The van der Waals surface area contributed by atoms with Gasteiger partial charge >= 0.3 is 0 Å². The van der Waals surface area contributed by atoms with Gasteiger partial charge in [-0.1, -0.05) is 0 Å². The monoisotopic (exact) mass is 112 g/mol. The molecule has 0 N–H and O–H groups in total. The van der Waals surface area contributed by atoms with Gasteiger partial charge in [0, 0.05) is 0 Å². The van der Waals surface area contributed by atoms with Gasteiger partial charge in [0.15, 0.2) is 6.40 Å². The van der Waals surface area contributed by atoms with Crippen LogP contribution in [0, 0.1) is 11.3 Å². The molecule has 0 aliphatic carbocycles. The summed E-state index contributed by atoms with van der Waals surface area (Å²) in [5.41, 5.74) is 0. The SMILES string of the molecule is CCO/C=N\CC#N. The highest BCUT2D eigenvalue weighted by atomic mass is 16.5. The van der Waals surface area contributed by atoms with E-state index in [9.17, 15) is 0 Å². The molecule has 0 rings (SSSR count). The quantitative estimate of drug-likeness (QED) is 0.304. The maximum absolute atomic E-state index is 7.95. The zero-order valence-corrected chi connectivity index (χ0v) is 4.79. The Hall–Kier alpha value is -1.04. The van der Waals surface area contributed by atoms with Crippen LogP contribution in [0.5, 0.6) is 0 Å². The van der Waals surface area contributed by atoms with Gasteiger partial charge in [-0.2, -0.15) is 5.26 Å². The van der Waals surface area contributed by atoms with Crippen LogP contribution in [0.1, 0.15) is 6.92 Å². The van der Waals surface area contributed by atoms with Crippen LogP contribution in [0.2, 0.25) is 0 Å². The molecule has 0 saturated carbocycles. The summed E-state index contributed by atoms with van der Waals surface area (Å²) < 4.78 is 4.69. The summed E-state index contributed by atoms with van der Waals surface area (Å²) in [4.78, 5) is 3.57. The van der Waals surface area contributed by atoms with Gasteiger partial charge in [-0.3, -0.25) is 0 Å². The zero-order valence-electron chi connectivity index (χ0n) is 4.79. The number of hydrogen-bond donors (Lipinski definition) is 0. The molecular weight excluding hydrogens is 104 g/mol. The van der Waals surface area contributed by atoms with Crippen LogP contribution in [0.15, 0.2) is 4.99 Å². The van der Waals surface area contributed by atoms with Gasteiger partial charge in [-0.05, 0) is 6.92 Å². The van der Waals surface area contributed by atoms with Crippen LogP contribution in [-0.2, 0) is 4.74 Å². The van der Waals surface area contributed by atoms with E-state index in [-0.39, 0.29) is 6.54 Å². The number of aliphatic imine (C=N–C) groups is 1. The number of rotatable bonds is 3. The summed E-state index contributed by atoms with van der Waals surface area (Å²) in [6, 6.07) is 1.85. The molecule has 0 atom stereocenters. The first-order valence-electron chi connectivity index (χ1n) is 2.38. The molecule has 8 heavy (non-hydrogen) atoms. The smallest absolute Gasteiger partial charge is 0.170 e. The lowest BCUT2D eigenvalue weighted by atomic mass is 10.8. The predicted molar refractivity (Wildman–Crippen MR) is 30.6 cm³/mol. The number of ether oxygens (including phenoxy) is 1. The molecule has 0 amide bonds. The van der Waals surface area contributed by atoms with Crippen LogP contribution < -0.4 is 0 Å². The molecule has 0 fully saturated rings. The number of nitriles is 1. The van der Waals surface area contributed by atoms with Gasteiger partial charge < -0.3 is 4.74 Å². The van der Waals surface area contributed by atoms with Gasteiger partial charge in [0.25, 0.3) is 0 Å². The first kappa shape index (κ1) is 6.96. The highest BCUT2D eigenvalue weighted by Crippen LogP contribution is 1.66. The van der Waals surface area contributed by atoms with Gasteiger partial charge in [0.1, 0.15) is 6.54 Å². The number of hydrogen-bond acceptors (Lipinski definition) is 3. The van der Waals surface area contributed by atoms with Crippen molar-refractivity contribution in [2.24, 2.45) is 4.99 Å². The van der Waals surface area contributed by atoms with Crippen molar-refractivity contribution in [1.29, 1.82) is 5.26 Å². The Bertz CT molecular complexity index is 103. The summed E-state index contributed by atoms with van der Waals surface area (Å²) in [5.74, 6) is 0. The van der Waals surface area contributed by atoms with Gasteiger partial charge in [-0.15, -0.1) is 0 Å². The fourth-order valence-electron chi connectivity index (χ4n) is 0.205. The first-order chi connectivity index (χ1) is 3.91. The highest BCUT2D eigenvalue weighted by Gasteiger charge is 1.69. The lowest BCUT2D eigenvalue weighted by molar-refractivity contribution is 0.343. The molecule has 0 unspecified atom stereocenters. The molecule has 44 valence electrons. The minimum absolute atomic E-state index is 0.181. The van der Waals surface area contributed by atoms with E-state index in [0.717, 1.165) is 0 Å². The van der Waals surface area contributed by atoms with E-state index in [0.29, 0.717) is 6.61 Å². The van der Waals surface area contributed by atoms with Crippen LogP contribution in [0.25, 0.3) is 0 Å². The van der Waals surface area contributed by atoms with Crippen molar-refractivity contribution < 1.29 is 4.74 Å². The van der Waals surface area contributed by atoms with Gasteiger partial charge in [-0.25, -0.2) is 4.99 Å². The molecular formula is C5H8N2O. The summed E-state index contributed by atoms with van der Waals surface area (Å²) in [5, 5.41) is 7.95. The molecule has 0 aliphatic rings. The maximum Gasteiger partial charge on any atom is 0.170 e. The van der Waals surface area contributed by atoms with E-state index in [1.165, 1.54) is 6.40 Å². The van der Waals surface area contributed by atoms with Crippen molar-refractivity contribution in [3.63, 3.8) is 0 Å². The first-order valence-corrected chi connectivity index (χ1v) is 2.38. The third-order valence-corrected chi connectivity index (χ3v) is 0.478. The average molecular weight is 112 g/mol. The standard InChI is InChI=1S/C5H8N2O/c1-2-8-5-7-4-3-6/h5H,2,4H2,1H3/b7-5-. The second-order valence-electron chi connectivity index (χ2n) is 1.06. The normalized spacial score (nSPS) is 9.00. The van der Waals surface area contributed by atoms with E-state index in [4.69, 9.17) is 10.00 Å². The van der Waals surface area contributed by atoms with Crippen molar-refractivity contribution >= 4 is 6.40 Å². The van der Waals surface area contributed by atoms with Gasteiger partial charge in [0.2, 0.25) is 0 Å². The van der Waals surface area contributed by atoms with Crippen molar-refractivity contribution in [3.8, 4) is 6.07 Å². The summed E-state index contributed by atoms with van der Waals surface area (Å²) >= 11 is 0. The Morgan fingerprint density at radius 1 is 1.88 bits per heavy atom. The van der Waals surface area contributed by atoms with Crippen molar-refractivity contribution in [3.05, 3.63) is 0 Å². The third-order valence-electron chi connectivity index (χ3n) is 0.478. The molecule has 0 aromatic heterocycles. The zero-order chi connectivity index (χ0) is 6.24. The van der Waals surface area contributed by atoms with E-state index >= 15 is 0 Å². The van der Waals surface area contributed by atoms with Crippen LogP contribution in [-0.4, -0.2) is 19.6 Å². The van der Waals surface area contributed by atoms with Crippen molar-refractivity contribution in [1.82, 2.24) is 0 Å². The minimum atomic E-state index is 0.181. The second kappa shape index (κ2) is 5.96. The minimum Gasteiger partial charge on any atom is -0.484 e. The van der Waals surface area contributed by atoms with Crippen LogP contribution in [0.4, 0.5) is 0 Å². The highest BCUT2D eigenvalue weighted by molar-refractivity contribution is 5.46. The number of nitrogens with zero attached hydrogens (tertiary/aromatic N) is 2. The Morgan fingerprint density at radius 3 is 3.12 bits per heavy atom. The van der Waals surface area contributed by atoms with E-state index in [1.807, 2.05) is 13.0 Å². The molecule has 3 heteroatoms. The Kier molecular flexibility index (Phi) is 5.19. The largest absolute Gasteiger partial charge is 0.484 e. The fourth-order valence-corrected chi connectivity index (χ4v) is 0.205. The summed E-state index contributed by atoms with van der Waals surface area (Å²) in [6.07, 6.45) is 1.29. The summed E-state index contributed by atoms with van der Waals surface area (Å²) in [7, 11) is 0. The Balaban J connectivity index is 2.98. The molecule has 3 nitrogen and oxygen atoms in total. The summed E-state index contributed by atoms with van der Waals surface area (Å²) in [6.45, 7) is 2.65. The molecule has 0 heterocycles. The van der Waals surface area contributed by atoms with Crippen molar-refractivity contribution in [2.75, 3.05) is 13.2 Å². The second-order valence-corrected chi connectivity index (χ2v) is 1.06. The lowest BCUT2D eigenvalue weighted by Gasteiger charge is -1.86. The lowest BCUT2D eigenvalue weighted by Crippen LogP contribution is -1.85. The van der Waals surface area contributed by atoms with E-state index in [2.05, 4.69) is 4.99 Å². The van der Waals surface area contributed by atoms with E-state index in [1.54, 1.807) is 0 Å². The molecule has 0 aromatic rings. The Labute approximate surface area is 48.6 Å². The molecule has 0 saturated heterocycles. The maximum atomic E-state index is 7.95. The molecule has 0 aromatic carbocycles. The van der Waals surface area contributed by atoms with Gasteiger partial charge in [0.05, 0.1) is 12.7 Å². The molecule has 0 aliphatic heterocycles. The molecule has 0 spiro atoms. The predicted octanol–water partition coefficient (Wildman–Crippen LogP) is 0.575. The topological polar surface area (TPSA) is 45.4 Å². The van der Waals surface area contributed by atoms with Crippen LogP contribution in [0.3, 0.4) is 0 Å². The van der Waals surface area contributed by atoms with Crippen molar-refractivity contribution in [2.45, 2.75) is 6.92 Å². The molecule has 0 bridgehead atoms. The average Bonchev–Trinajstić information content (AvgIpc) is 1.81. The van der Waals surface area contributed by atoms with Crippen LogP contribution >= 0.6 is 0 Å². The van der Waals surface area contributed by atoms with E-state index < -0.39 is 0 Å².